The molecule has 0 saturated carbocycles. The highest BCUT2D eigenvalue weighted by atomic mass is 35.5. The van der Waals surface area contributed by atoms with Gasteiger partial charge >= 0.3 is 0 Å². The summed E-state index contributed by atoms with van der Waals surface area (Å²) in [7, 11) is 2.96. The van der Waals surface area contributed by atoms with E-state index in [0.29, 0.717) is 32.4 Å². The minimum Gasteiger partial charge on any atom is -0.495 e. The number of nitrogens with zero attached hydrogens (tertiary/aromatic N) is 2. The molecule has 1 amide bonds. The summed E-state index contributed by atoms with van der Waals surface area (Å²) in [5, 5.41) is 3.52. The van der Waals surface area contributed by atoms with Crippen LogP contribution in [-0.2, 0) is 11.3 Å². The first-order valence-electron chi connectivity index (χ1n) is 9.26. The molecule has 0 fully saturated rings. The molecule has 0 spiro atoms. The number of rotatable bonds is 6. The maximum atomic E-state index is 12.9. The number of amides is 1. The van der Waals surface area contributed by atoms with Gasteiger partial charge in [0.2, 0.25) is 5.91 Å². The molecule has 31 heavy (non-hydrogen) atoms. The summed E-state index contributed by atoms with van der Waals surface area (Å²) in [5.41, 5.74) is 1.11. The molecule has 0 aliphatic rings. The van der Waals surface area contributed by atoms with Crippen molar-refractivity contribution >= 4 is 44.7 Å². The predicted molar refractivity (Wildman–Crippen MR) is 123 cm³/mol. The molecule has 2 aromatic heterocycles. The lowest BCUT2D eigenvalue weighted by Crippen LogP contribution is -2.27. The van der Waals surface area contributed by atoms with Crippen molar-refractivity contribution in [3.8, 4) is 21.9 Å². The quantitative estimate of drug-likeness (QED) is 0.465. The number of ether oxygens (including phenoxy) is 2. The number of halogens is 1. The Labute approximate surface area is 186 Å². The van der Waals surface area contributed by atoms with E-state index in [-0.39, 0.29) is 12.1 Å². The summed E-state index contributed by atoms with van der Waals surface area (Å²) in [6.07, 6.45) is 1.38. The van der Waals surface area contributed by atoms with E-state index >= 15 is 0 Å². The molecule has 0 bridgehead atoms. The molecule has 0 unspecified atom stereocenters. The Morgan fingerprint density at radius 2 is 1.87 bits per heavy atom. The number of thiophene rings is 1. The van der Waals surface area contributed by atoms with Gasteiger partial charge in [0.25, 0.3) is 5.56 Å². The molecule has 0 atom stereocenters. The van der Waals surface area contributed by atoms with Gasteiger partial charge in [0, 0.05) is 10.9 Å². The Hall–Kier alpha value is -3.36. The normalized spacial score (nSPS) is 10.8. The van der Waals surface area contributed by atoms with Crippen molar-refractivity contribution in [1.29, 1.82) is 0 Å². The third-order valence-electron chi connectivity index (χ3n) is 4.64. The van der Waals surface area contributed by atoms with Gasteiger partial charge in [-0.15, -0.1) is 11.3 Å². The number of benzene rings is 2. The highest BCUT2D eigenvalue weighted by Gasteiger charge is 2.15. The Balaban J connectivity index is 1.59. The molecule has 2 aromatic carbocycles. The van der Waals surface area contributed by atoms with Crippen LogP contribution in [0.2, 0.25) is 5.02 Å². The Morgan fingerprint density at radius 3 is 2.58 bits per heavy atom. The molecule has 4 aromatic rings. The van der Waals surface area contributed by atoms with Gasteiger partial charge in [-0.25, -0.2) is 4.98 Å². The SMILES string of the molecule is COc1cc(OC)c(NC(=O)Cn2cnc3sc(-c4ccccc4)cc3c2=O)cc1Cl. The van der Waals surface area contributed by atoms with E-state index in [1.165, 1.54) is 42.5 Å². The van der Waals surface area contributed by atoms with Gasteiger partial charge in [0.1, 0.15) is 22.9 Å². The zero-order valence-electron chi connectivity index (χ0n) is 16.7. The van der Waals surface area contributed by atoms with Crippen LogP contribution in [0.15, 0.2) is 59.7 Å². The van der Waals surface area contributed by atoms with Gasteiger partial charge < -0.3 is 14.8 Å². The zero-order valence-corrected chi connectivity index (χ0v) is 18.3. The molecule has 2 heterocycles. The molecular formula is C22H18ClN3O4S. The number of aromatic nitrogens is 2. The molecular weight excluding hydrogens is 438 g/mol. The number of fused-ring (bicyclic) bond motifs is 1. The molecule has 7 nitrogen and oxygen atoms in total. The number of methoxy groups -OCH3 is 2. The zero-order chi connectivity index (χ0) is 22.0. The molecule has 0 saturated heterocycles. The molecule has 0 aliphatic carbocycles. The van der Waals surface area contributed by atoms with Gasteiger partial charge in [-0.1, -0.05) is 41.9 Å². The standard InChI is InChI=1S/C22H18ClN3O4S/c1-29-17-10-18(30-2)16(9-15(17)23)25-20(27)11-26-12-24-21-14(22(26)28)8-19(31-21)13-6-4-3-5-7-13/h3-10,12H,11H2,1-2H3,(H,25,27). The number of carbonyl (C=O) groups excluding carboxylic acids is 1. The third kappa shape index (κ3) is 4.26. The van der Waals surface area contributed by atoms with E-state index in [4.69, 9.17) is 21.1 Å². The molecule has 9 heteroatoms. The summed E-state index contributed by atoms with van der Waals surface area (Å²) in [4.78, 5) is 31.4. The van der Waals surface area contributed by atoms with Crippen LogP contribution in [-0.4, -0.2) is 29.7 Å². The van der Waals surface area contributed by atoms with Crippen molar-refractivity contribution in [2.75, 3.05) is 19.5 Å². The smallest absolute Gasteiger partial charge is 0.262 e. The average Bonchev–Trinajstić information content (AvgIpc) is 3.22. The van der Waals surface area contributed by atoms with Crippen LogP contribution >= 0.6 is 22.9 Å². The van der Waals surface area contributed by atoms with Crippen LogP contribution < -0.4 is 20.3 Å². The summed E-state index contributed by atoms with van der Waals surface area (Å²) in [5.74, 6) is 0.399. The lowest BCUT2D eigenvalue weighted by atomic mass is 10.2. The summed E-state index contributed by atoms with van der Waals surface area (Å²) in [6.45, 7) is -0.203. The number of carbonyl (C=O) groups is 1. The van der Waals surface area contributed by atoms with E-state index in [0.717, 1.165) is 10.4 Å². The third-order valence-corrected chi connectivity index (χ3v) is 6.03. The molecule has 0 aliphatic heterocycles. The van der Waals surface area contributed by atoms with Gasteiger partial charge in [0.15, 0.2) is 0 Å². The first-order valence-corrected chi connectivity index (χ1v) is 10.5. The topological polar surface area (TPSA) is 82.4 Å². The van der Waals surface area contributed by atoms with E-state index in [1.807, 2.05) is 36.4 Å². The predicted octanol–water partition coefficient (Wildman–Crippen LogP) is 4.43. The Morgan fingerprint density at radius 1 is 1.13 bits per heavy atom. The minimum atomic E-state index is -0.415. The van der Waals surface area contributed by atoms with Crippen LogP contribution in [0, 0.1) is 0 Å². The first-order chi connectivity index (χ1) is 15.0. The number of hydrogen-bond donors (Lipinski definition) is 1. The molecule has 0 radical (unpaired) electrons. The lowest BCUT2D eigenvalue weighted by molar-refractivity contribution is -0.116. The van der Waals surface area contributed by atoms with E-state index in [1.54, 1.807) is 6.07 Å². The fraction of sp³-hybridized carbons (Fsp3) is 0.136. The fourth-order valence-electron chi connectivity index (χ4n) is 3.12. The van der Waals surface area contributed by atoms with Crippen molar-refractivity contribution in [2.45, 2.75) is 6.54 Å². The van der Waals surface area contributed by atoms with Crippen LogP contribution in [0.4, 0.5) is 5.69 Å². The summed E-state index contributed by atoms with van der Waals surface area (Å²) < 4.78 is 11.7. The largest absolute Gasteiger partial charge is 0.495 e. The highest BCUT2D eigenvalue weighted by Crippen LogP contribution is 2.36. The fourth-order valence-corrected chi connectivity index (χ4v) is 4.36. The second-order valence-electron chi connectivity index (χ2n) is 6.61. The second-order valence-corrected chi connectivity index (χ2v) is 8.05. The number of nitrogens with one attached hydrogen (secondary N) is 1. The van der Waals surface area contributed by atoms with Gasteiger partial charge in [0.05, 0.1) is 36.6 Å². The average molecular weight is 456 g/mol. The van der Waals surface area contributed by atoms with Gasteiger partial charge in [-0.05, 0) is 17.7 Å². The second kappa shape index (κ2) is 8.79. The van der Waals surface area contributed by atoms with Crippen molar-refractivity contribution in [3.63, 3.8) is 0 Å². The maximum absolute atomic E-state index is 12.9. The number of hydrogen-bond acceptors (Lipinski definition) is 6. The van der Waals surface area contributed by atoms with Crippen molar-refractivity contribution in [3.05, 3.63) is 70.2 Å². The lowest BCUT2D eigenvalue weighted by Gasteiger charge is -2.13. The van der Waals surface area contributed by atoms with Crippen molar-refractivity contribution in [1.82, 2.24) is 9.55 Å². The monoisotopic (exact) mass is 455 g/mol. The highest BCUT2D eigenvalue weighted by molar-refractivity contribution is 7.21. The minimum absolute atomic E-state index is 0.203. The number of anilines is 1. The van der Waals surface area contributed by atoms with E-state index in [2.05, 4.69) is 10.3 Å². The van der Waals surface area contributed by atoms with Crippen LogP contribution in [0.5, 0.6) is 11.5 Å². The van der Waals surface area contributed by atoms with E-state index < -0.39 is 5.91 Å². The Bertz CT molecular complexity index is 1320. The van der Waals surface area contributed by atoms with Crippen LogP contribution in [0.1, 0.15) is 0 Å². The van der Waals surface area contributed by atoms with Crippen LogP contribution in [0.25, 0.3) is 20.7 Å². The van der Waals surface area contributed by atoms with E-state index in [9.17, 15) is 9.59 Å². The Kier molecular flexibility index (Phi) is 5.92. The first kappa shape index (κ1) is 20.9. The van der Waals surface area contributed by atoms with Crippen LogP contribution in [0.3, 0.4) is 0 Å². The van der Waals surface area contributed by atoms with Crippen molar-refractivity contribution < 1.29 is 14.3 Å². The maximum Gasteiger partial charge on any atom is 0.262 e. The molecule has 1 N–H and O–H groups in total. The molecule has 158 valence electrons. The summed E-state index contributed by atoms with van der Waals surface area (Å²) in [6, 6.07) is 14.7. The van der Waals surface area contributed by atoms with Gasteiger partial charge in [-0.2, -0.15) is 0 Å². The van der Waals surface area contributed by atoms with Crippen molar-refractivity contribution in [2.24, 2.45) is 0 Å². The molecule has 4 rings (SSSR count). The van der Waals surface area contributed by atoms with Gasteiger partial charge in [-0.3, -0.25) is 14.2 Å². The summed E-state index contributed by atoms with van der Waals surface area (Å²) >= 11 is 7.59.